The molecule has 2 aliphatic heterocycles. The first kappa shape index (κ1) is 20.5. The quantitative estimate of drug-likeness (QED) is 0.847. The Morgan fingerprint density at radius 2 is 1.79 bits per heavy atom. The molecular formula is C19H32N2O3. The largest absolute Gasteiger partial charge is 0.492 e. The Labute approximate surface area is 146 Å². The molecule has 5 heteroatoms. The normalized spacial score (nSPS) is 16.5. The minimum atomic E-state index is 0.0821. The van der Waals surface area contributed by atoms with Gasteiger partial charge in [-0.1, -0.05) is 33.8 Å². The molecule has 0 unspecified atom stereocenters. The van der Waals surface area contributed by atoms with Crippen LogP contribution in [0.15, 0.2) is 18.2 Å². The predicted molar refractivity (Wildman–Crippen MR) is 97.7 cm³/mol. The molecule has 1 aromatic rings. The van der Waals surface area contributed by atoms with Gasteiger partial charge in [0.1, 0.15) is 12.4 Å². The summed E-state index contributed by atoms with van der Waals surface area (Å²) in [6.07, 6.45) is 0. The summed E-state index contributed by atoms with van der Waals surface area (Å²) >= 11 is 0. The van der Waals surface area contributed by atoms with Gasteiger partial charge in [-0.05, 0) is 17.7 Å². The number of morpholine rings is 1. The van der Waals surface area contributed by atoms with Crippen LogP contribution in [0.3, 0.4) is 0 Å². The highest BCUT2D eigenvalue weighted by Gasteiger charge is 2.24. The average molecular weight is 336 g/mol. The Hall–Kier alpha value is -1.59. The predicted octanol–water partition coefficient (Wildman–Crippen LogP) is 3.04. The van der Waals surface area contributed by atoms with Crippen molar-refractivity contribution in [3.05, 3.63) is 29.3 Å². The van der Waals surface area contributed by atoms with Crippen LogP contribution in [0.2, 0.25) is 0 Å². The minimum absolute atomic E-state index is 0.0821. The van der Waals surface area contributed by atoms with Gasteiger partial charge in [-0.2, -0.15) is 0 Å². The standard InChI is InChI=1S/C15H20N2O3.2C2H6/c1-16-11-12-2-3-13(10-14(12)15(16)18)20-9-6-17-4-7-19-8-5-17;2*1-2/h2-3,10H,4-9,11H2,1H3;2*1-2H3. The molecule has 24 heavy (non-hydrogen) atoms. The van der Waals surface area contributed by atoms with E-state index >= 15 is 0 Å². The number of fused-ring (bicyclic) bond motifs is 1. The first-order valence-electron chi connectivity index (χ1n) is 9.05. The van der Waals surface area contributed by atoms with E-state index in [1.54, 1.807) is 4.90 Å². The number of carbonyl (C=O) groups excluding carboxylic acids is 1. The third kappa shape index (κ3) is 5.49. The number of rotatable bonds is 4. The fraction of sp³-hybridized carbons (Fsp3) is 0.632. The molecule has 0 spiro atoms. The fourth-order valence-electron chi connectivity index (χ4n) is 2.63. The zero-order valence-corrected chi connectivity index (χ0v) is 15.8. The van der Waals surface area contributed by atoms with Gasteiger partial charge in [0, 0.05) is 38.8 Å². The van der Waals surface area contributed by atoms with Crippen LogP contribution in [0.25, 0.3) is 0 Å². The lowest BCUT2D eigenvalue weighted by Crippen LogP contribution is -2.38. The third-order valence-electron chi connectivity index (χ3n) is 3.85. The maximum absolute atomic E-state index is 11.9. The first-order chi connectivity index (χ1) is 11.7. The van der Waals surface area contributed by atoms with Crippen LogP contribution < -0.4 is 4.74 Å². The molecule has 5 nitrogen and oxygen atoms in total. The molecule has 0 bridgehead atoms. The third-order valence-corrected chi connectivity index (χ3v) is 3.85. The van der Waals surface area contributed by atoms with E-state index < -0.39 is 0 Å². The second-order valence-corrected chi connectivity index (χ2v) is 5.28. The molecule has 0 aromatic heterocycles. The molecule has 2 heterocycles. The minimum Gasteiger partial charge on any atom is -0.492 e. The highest BCUT2D eigenvalue weighted by Crippen LogP contribution is 2.25. The van der Waals surface area contributed by atoms with E-state index in [-0.39, 0.29) is 5.91 Å². The number of ether oxygens (including phenoxy) is 2. The highest BCUT2D eigenvalue weighted by atomic mass is 16.5. The van der Waals surface area contributed by atoms with Crippen LogP contribution in [-0.4, -0.2) is 62.2 Å². The van der Waals surface area contributed by atoms with Gasteiger partial charge < -0.3 is 14.4 Å². The summed E-state index contributed by atoms with van der Waals surface area (Å²) in [4.78, 5) is 16.0. The van der Waals surface area contributed by atoms with E-state index in [1.807, 2.05) is 52.9 Å². The molecule has 2 aliphatic rings. The number of nitrogens with zero attached hydrogens (tertiary/aromatic N) is 2. The van der Waals surface area contributed by atoms with E-state index in [1.165, 1.54) is 0 Å². The first-order valence-corrected chi connectivity index (χ1v) is 9.05. The van der Waals surface area contributed by atoms with Crippen LogP contribution in [-0.2, 0) is 11.3 Å². The Bertz CT molecular complexity index is 499. The molecule has 0 saturated carbocycles. The molecule has 1 fully saturated rings. The Kier molecular flexibility index (Phi) is 9.42. The van der Waals surface area contributed by atoms with Gasteiger partial charge in [0.25, 0.3) is 5.91 Å². The molecule has 136 valence electrons. The number of carbonyl (C=O) groups is 1. The summed E-state index contributed by atoms with van der Waals surface area (Å²) in [6.45, 7) is 13.8. The van der Waals surface area contributed by atoms with Gasteiger partial charge in [0.15, 0.2) is 0 Å². The van der Waals surface area contributed by atoms with Crippen molar-refractivity contribution in [1.29, 1.82) is 0 Å². The van der Waals surface area contributed by atoms with E-state index in [9.17, 15) is 4.79 Å². The maximum Gasteiger partial charge on any atom is 0.254 e. The van der Waals surface area contributed by atoms with Crippen LogP contribution in [0.1, 0.15) is 43.6 Å². The maximum atomic E-state index is 11.9. The number of hydrogen-bond donors (Lipinski definition) is 0. The molecule has 0 atom stereocenters. The van der Waals surface area contributed by atoms with Crippen molar-refractivity contribution >= 4 is 5.91 Å². The molecule has 0 radical (unpaired) electrons. The molecule has 3 rings (SSSR count). The lowest BCUT2D eigenvalue weighted by Gasteiger charge is -2.26. The number of hydrogen-bond acceptors (Lipinski definition) is 4. The molecule has 1 saturated heterocycles. The summed E-state index contributed by atoms with van der Waals surface area (Å²) in [5, 5.41) is 0. The molecular weight excluding hydrogens is 304 g/mol. The van der Waals surface area contributed by atoms with Gasteiger partial charge in [0.05, 0.1) is 13.2 Å². The molecule has 1 aromatic carbocycles. The summed E-state index contributed by atoms with van der Waals surface area (Å²) in [5.41, 5.74) is 1.86. The van der Waals surface area contributed by atoms with E-state index in [0.717, 1.165) is 49.7 Å². The number of benzene rings is 1. The zero-order valence-electron chi connectivity index (χ0n) is 15.8. The molecule has 1 amide bonds. The summed E-state index contributed by atoms with van der Waals surface area (Å²) in [6, 6.07) is 5.80. The Balaban J connectivity index is 0.000000671. The van der Waals surface area contributed by atoms with Crippen LogP contribution in [0.4, 0.5) is 0 Å². The van der Waals surface area contributed by atoms with Gasteiger partial charge in [0.2, 0.25) is 0 Å². The van der Waals surface area contributed by atoms with Crippen molar-refractivity contribution in [2.45, 2.75) is 34.2 Å². The van der Waals surface area contributed by atoms with Gasteiger partial charge >= 0.3 is 0 Å². The van der Waals surface area contributed by atoms with E-state index in [0.29, 0.717) is 13.2 Å². The van der Waals surface area contributed by atoms with Crippen LogP contribution in [0.5, 0.6) is 5.75 Å². The lowest BCUT2D eigenvalue weighted by molar-refractivity contribution is 0.0322. The SMILES string of the molecule is CC.CC.CN1Cc2ccc(OCCN3CCOCC3)cc2C1=O. The Morgan fingerprint density at radius 1 is 1.12 bits per heavy atom. The average Bonchev–Trinajstić information content (AvgIpc) is 2.94. The second-order valence-electron chi connectivity index (χ2n) is 5.28. The van der Waals surface area contributed by atoms with Crippen molar-refractivity contribution in [1.82, 2.24) is 9.80 Å². The van der Waals surface area contributed by atoms with Crippen LogP contribution in [0, 0.1) is 0 Å². The van der Waals surface area contributed by atoms with Gasteiger partial charge in [-0.25, -0.2) is 0 Å². The van der Waals surface area contributed by atoms with E-state index in [4.69, 9.17) is 9.47 Å². The topological polar surface area (TPSA) is 42.0 Å². The molecule has 0 N–H and O–H groups in total. The zero-order chi connectivity index (χ0) is 17.9. The van der Waals surface area contributed by atoms with Crippen LogP contribution >= 0.6 is 0 Å². The summed E-state index contributed by atoms with van der Waals surface area (Å²) < 4.78 is 11.1. The van der Waals surface area contributed by atoms with E-state index in [2.05, 4.69) is 4.90 Å². The van der Waals surface area contributed by atoms with Gasteiger partial charge in [-0.3, -0.25) is 9.69 Å². The molecule has 0 aliphatic carbocycles. The van der Waals surface area contributed by atoms with Crippen molar-refractivity contribution in [2.24, 2.45) is 0 Å². The monoisotopic (exact) mass is 336 g/mol. The van der Waals surface area contributed by atoms with Crippen molar-refractivity contribution in [3.63, 3.8) is 0 Å². The highest BCUT2D eigenvalue weighted by molar-refractivity contribution is 5.98. The van der Waals surface area contributed by atoms with Gasteiger partial charge in [-0.15, -0.1) is 0 Å². The van der Waals surface area contributed by atoms with Crippen molar-refractivity contribution < 1.29 is 14.3 Å². The lowest BCUT2D eigenvalue weighted by atomic mass is 10.1. The van der Waals surface area contributed by atoms with Crippen molar-refractivity contribution in [3.8, 4) is 5.75 Å². The number of amides is 1. The Morgan fingerprint density at radius 3 is 2.46 bits per heavy atom. The summed E-state index contributed by atoms with van der Waals surface area (Å²) in [7, 11) is 1.82. The fourth-order valence-corrected chi connectivity index (χ4v) is 2.63. The van der Waals surface area contributed by atoms with Crippen molar-refractivity contribution in [2.75, 3.05) is 46.5 Å². The second kappa shape index (κ2) is 11.0. The summed E-state index contributed by atoms with van der Waals surface area (Å²) in [5.74, 6) is 0.860. The smallest absolute Gasteiger partial charge is 0.254 e.